The highest BCUT2D eigenvalue weighted by molar-refractivity contribution is 6.34. The van der Waals surface area contributed by atoms with E-state index in [2.05, 4.69) is 13.8 Å². The number of hydrogen-bond donors (Lipinski definition) is 1. The first-order valence-corrected chi connectivity index (χ1v) is 13.6. The van der Waals surface area contributed by atoms with E-state index in [1.807, 2.05) is 109 Å². The predicted octanol–water partition coefficient (Wildman–Crippen LogP) is 7.19. The molecule has 0 amide bonds. The van der Waals surface area contributed by atoms with Gasteiger partial charge < -0.3 is 21.2 Å². The van der Waals surface area contributed by atoms with Crippen LogP contribution in [0.1, 0.15) is 36.8 Å². The van der Waals surface area contributed by atoms with Crippen LogP contribution in [0.3, 0.4) is 0 Å². The molecule has 2 atom stereocenters. The van der Waals surface area contributed by atoms with Crippen molar-refractivity contribution in [1.29, 1.82) is 0 Å². The fourth-order valence-corrected chi connectivity index (χ4v) is 4.72. The molecule has 0 heterocycles. The molecule has 0 saturated carbocycles. The van der Waals surface area contributed by atoms with Gasteiger partial charge in [-0.2, -0.15) is 0 Å². The van der Waals surface area contributed by atoms with Gasteiger partial charge in [0, 0.05) is 25.0 Å². The summed E-state index contributed by atoms with van der Waals surface area (Å²) in [5.74, 6) is 3.29. The molecule has 5 nitrogen and oxygen atoms in total. The number of para-hydroxylation sites is 2. The molecule has 0 fully saturated rings. The van der Waals surface area contributed by atoms with Gasteiger partial charge in [0.2, 0.25) is 0 Å². The monoisotopic (exact) mass is 498 g/mol. The first-order chi connectivity index (χ1) is 17.6. The van der Waals surface area contributed by atoms with Crippen LogP contribution >= 0.6 is 0 Å². The minimum Gasteiger partial charge on any atom is -0.469 e. The van der Waals surface area contributed by atoms with Crippen molar-refractivity contribution in [2.75, 3.05) is 13.2 Å². The molecule has 36 heavy (non-hydrogen) atoms. The van der Waals surface area contributed by atoms with Gasteiger partial charge in [-0.1, -0.05) is 74.5 Å². The Morgan fingerprint density at radius 3 is 1.36 bits per heavy atom. The number of ether oxygens (including phenoxy) is 2. The van der Waals surface area contributed by atoms with Gasteiger partial charge in [0.15, 0.2) is 0 Å². The summed E-state index contributed by atoms with van der Waals surface area (Å²) in [5.41, 5.74) is 2.15. The number of benzene rings is 4. The number of rotatable bonds is 12. The molecular formula is C30H31AlO5. The third-order valence-corrected chi connectivity index (χ3v) is 6.74. The van der Waals surface area contributed by atoms with E-state index in [9.17, 15) is 4.16 Å². The highest BCUT2D eigenvalue weighted by Gasteiger charge is 2.27. The van der Waals surface area contributed by atoms with E-state index in [1.165, 1.54) is 0 Å². The quantitative estimate of drug-likeness (QED) is 0.210. The van der Waals surface area contributed by atoms with Gasteiger partial charge in [0.25, 0.3) is 0 Å². The van der Waals surface area contributed by atoms with Crippen LogP contribution in [0.2, 0.25) is 0 Å². The van der Waals surface area contributed by atoms with E-state index in [0.29, 0.717) is 13.2 Å². The fraction of sp³-hybridized carbons (Fsp3) is 0.200. The average Bonchev–Trinajstić information content (AvgIpc) is 2.92. The van der Waals surface area contributed by atoms with Crippen molar-refractivity contribution in [2.24, 2.45) is 0 Å². The van der Waals surface area contributed by atoms with Crippen LogP contribution in [0.5, 0.6) is 23.0 Å². The Balaban J connectivity index is 1.24. The molecule has 0 aromatic heterocycles. The van der Waals surface area contributed by atoms with Crippen molar-refractivity contribution < 1.29 is 21.2 Å². The van der Waals surface area contributed by atoms with Crippen molar-refractivity contribution in [3.63, 3.8) is 0 Å². The number of hydrogen-bond acceptors (Lipinski definition) is 5. The second-order valence-electron chi connectivity index (χ2n) is 8.75. The van der Waals surface area contributed by atoms with Crippen LogP contribution in [0.15, 0.2) is 109 Å². The van der Waals surface area contributed by atoms with E-state index < -0.39 is 15.1 Å². The first kappa shape index (κ1) is 26.0. The summed E-state index contributed by atoms with van der Waals surface area (Å²) in [6.07, 6.45) is 0. The average molecular weight is 499 g/mol. The van der Waals surface area contributed by atoms with Crippen LogP contribution in [-0.4, -0.2) is 32.5 Å². The zero-order valence-corrected chi connectivity index (χ0v) is 21.8. The maximum Gasteiger partial charge on any atom is 0.903 e. The Hall–Kier alpha value is -3.11. The predicted molar refractivity (Wildman–Crippen MR) is 143 cm³/mol. The Labute approximate surface area is 218 Å². The second kappa shape index (κ2) is 13.3. The van der Waals surface area contributed by atoms with Gasteiger partial charge in [-0.05, 0) is 59.7 Å². The molecule has 0 saturated heterocycles. The van der Waals surface area contributed by atoms with Crippen molar-refractivity contribution in [3.8, 4) is 23.0 Å². The third kappa shape index (κ3) is 7.96. The van der Waals surface area contributed by atoms with Crippen molar-refractivity contribution in [2.45, 2.75) is 25.7 Å². The Morgan fingerprint density at radius 2 is 0.944 bits per heavy atom. The molecular weight excluding hydrogens is 467 g/mol. The van der Waals surface area contributed by atoms with Gasteiger partial charge >= 0.3 is 15.1 Å². The Morgan fingerprint density at radius 1 is 0.556 bits per heavy atom. The summed E-state index contributed by atoms with van der Waals surface area (Å²) >= 11 is -2.76. The molecule has 0 spiro atoms. The topological polar surface area (TPSA) is 57.2 Å². The van der Waals surface area contributed by atoms with Gasteiger partial charge in [-0.15, -0.1) is 0 Å². The normalized spacial score (nSPS) is 12.5. The zero-order chi connectivity index (χ0) is 25.2. The first-order valence-electron chi connectivity index (χ1n) is 12.1. The SMILES string of the molecule is CC(C[O][Al]([OH])[O]CC(C)c1cccc(Oc2ccccc2)c1)c1cccc(Oc2ccccc2)c1. The van der Waals surface area contributed by atoms with E-state index in [1.54, 1.807) is 0 Å². The van der Waals surface area contributed by atoms with Crippen molar-refractivity contribution in [1.82, 2.24) is 0 Å². The van der Waals surface area contributed by atoms with Crippen LogP contribution in [0.25, 0.3) is 0 Å². The summed E-state index contributed by atoms with van der Waals surface area (Å²) in [6, 6.07) is 35.2. The summed E-state index contributed by atoms with van der Waals surface area (Å²) in [4.78, 5) is 0. The fourth-order valence-electron chi connectivity index (χ4n) is 3.71. The van der Waals surface area contributed by atoms with E-state index >= 15 is 0 Å². The largest absolute Gasteiger partial charge is 0.903 e. The maximum atomic E-state index is 10.4. The lowest BCUT2D eigenvalue weighted by Gasteiger charge is -2.17. The maximum absolute atomic E-state index is 10.4. The lowest BCUT2D eigenvalue weighted by molar-refractivity contribution is 0.122. The van der Waals surface area contributed by atoms with Gasteiger partial charge in [0.05, 0.1) is 0 Å². The molecule has 6 heteroatoms. The molecule has 4 aromatic rings. The van der Waals surface area contributed by atoms with Crippen LogP contribution in [0.4, 0.5) is 0 Å². The molecule has 0 aliphatic carbocycles. The zero-order valence-electron chi connectivity index (χ0n) is 20.6. The van der Waals surface area contributed by atoms with Crippen molar-refractivity contribution in [3.05, 3.63) is 120 Å². The van der Waals surface area contributed by atoms with E-state index in [4.69, 9.17) is 17.1 Å². The molecule has 4 rings (SSSR count). The summed E-state index contributed by atoms with van der Waals surface area (Å²) in [5, 5.41) is 0. The van der Waals surface area contributed by atoms with Gasteiger partial charge in [-0.25, -0.2) is 0 Å². The molecule has 1 N–H and O–H groups in total. The summed E-state index contributed by atoms with van der Waals surface area (Å²) in [7, 11) is 0. The van der Waals surface area contributed by atoms with Crippen LogP contribution in [-0.2, 0) is 7.58 Å². The molecule has 0 bridgehead atoms. The minimum atomic E-state index is -2.76. The minimum absolute atomic E-state index is 0.0827. The second-order valence-corrected chi connectivity index (χ2v) is 10.0. The van der Waals surface area contributed by atoms with Gasteiger partial charge in [-0.3, -0.25) is 0 Å². The Bertz CT molecular complexity index is 1110. The smallest absolute Gasteiger partial charge is 0.469 e. The summed E-state index contributed by atoms with van der Waals surface area (Å²) in [6.45, 7) is 4.86. The molecule has 184 valence electrons. The molecule has 2 unspecified atom stereocenters. The molecule has 0 aliphatic rings. The van der Waals surface area contributed by atoms with Crippen LogP contribution in [0, 0.1) is 0 Å². The third-order valence-electron chi connectivity index (χ3n) is 5.79. The van der Waals surface area contributed by atoms with Crippen LogP contribution < -0.4 is 9.47 Å². The lowest BCUT2D eigenvalue weighted by Crippen LogP contribution is -2.26. The highest BCUT2D eigenvalue weighted by atomic mass is 27.2. The van der Waals surface area contributed by atoms with E-state index in [0.717, 1.165) is 34.1 Å². The van der Waals surface area contributed by atoms with Crippen molar-refractivity contribution >= 4 is 15.1 Å². The van der Waals surface area contributed by atoms with Gasteiger partial charge in [0.1, 0.15) is 23.0 Å². The highest BCUT2D eigenvalue weighted by Crippen LogP contribution is 2.27. The molecule has 4 aromatic carbocycles. The molecule has 0 radical (unpaired) electrons. The lowest BCUT2D eigenvalue weighted by atomic mass is 10.0. The summed E-state index contributed by atoms with van der Waals surface area (Å²) < 4.78 is 33.7. The Kier molecular flexibility index (Phi) is 9.57. The standard InChI is InChI=1S/2C15H15O2.Al.H2O/c2*1-12(11-16)13-6-5-9-15(10-13)17-14-7-3-2-4-8-14;;/h2*2-10,12H,11H2,1H3;;1H2/q2*-1;+3;/p-1. The van der Waals surface area contributed by atoms with E-state index in [-0.39, 0.29) is 11.8 Å². The molecule has 0 aliphatic heterocycles.